The van der Waals surface area contributed by atoms with Gasteiger partial charge in [0.15, 0.2) is 0 Å². The highest BCUT2D eigenvalue weighted by Gasteiger charge is 2.41. The number of amides is 3. The smallest absolute Gasteiger partial charge is 0.243 e. The predicted octanol–water partition coefficient (Wildman–Crippen LogP) is 2.28. The first-order chi connectivity index (χ1) is 17.4. The third-order valence-electron chi connectivity index (χ3n) is 7.18. The van der Waals surface area contributed by atoms with Crippen LogP contribution >= 0.6 is 0 Å². The van der Waals surface area contributed by atoms with Crippen molar-refractivity contribution in [2.24, 2.45) is 0 Å². The molecule has 0 radical (unpaired) electrons. The van der Waals surface area contributed by atoms with Crippen LogP contribution in [0.3, 0.4) is 0 Å². The molecule has 1 aliphatic carbocycles. The Bertz CT molecular complexity index is 1140. The number of likely N-dealkylation sites (tertiary alicyclic amines) is 1. The summed E-state index contributed by atoms with van der Waals surface area (Å²) >= 11 is 0. The SMILES string of the molecule is O=C(N[C@@H](c1ccccc1)c1ccc(C2CC2)c(F)c1)[C@@H]1C[C@@H](F)CN1C(=O)CN1CCNCC1=O. The van der Waals surface area contributed by atoms with E-state index in [0.29, 0.717) is 24.2 Å². The number of rotatable bonds is 7. The molecule has 5 rings (SSSR count). The van der Waals surface area contributed by atoms with Crippen LogP contribution in [0.1, 0.15) is 47.9 Å². The largest absolute Gasteiger partial charge is 0.343 e. The summed E-state index contributed by atoms with van der Waals surface area (Å²) in [5.74, 6) is -1.21. The van der Waals surface area contributed by atoms with E-state index in [4.69, 9.17) is 0 Å². The zero-order valence-electron chi connectivity index (χ0n) is 20.0. The third kappa shape index (κ3) is 5.26. The molecular formula is C27H30F2N4O3. The van der Waals surface area contributed by atoms with Gasteiger partial charge in [0.2, 0.25) is 17.7 Å². The minimum atomic E-state index is -1.34. The Morgan fingerprint density at radius 1 is 1.11 bits per heavy atom. The van der Waals surface area contributed by atoms with Gasteiger partial charge in [0.25, 0.3) is 0 Å². The van der Waals surface area contributed by atoms with Gasteiger partial charge in [-0.15, -0.1) is 0 Å². The van der Waals surface area contributed by atoms with Crippen molar-refractivity contribution >= 4 is 17.7 Å². The second-order valence-electron chi connectivity index (χ2n) is 9.79. The van der Waals surface area contributed by atoms with E-state index in [1.54, 1.807) is 6.07 Å². The Morgan fingerprint density at radius 3 is 2.58 bits per heavy atom. The predicted molar refractivity (Wildman–Crippen MR) is 129 cm³/mol. The molecule has 3 amide bonds. The monoisotopic (exact) mass is 496 g/mol. The molecule has 2 aromatic carbocycles. The van der Waals surface area contributed by atoms with Crippen molar-refractivity contribution in [3.05, 3.63) is 71.0 Å². The lowest BCUT2D eigenvalue weighted by Gasteiger charge is -2.31. The van der Waals surface area contributed by atoms with Gasteiger partial charge >= 0.3 is 0 Å². The van der Waals surface area contributed by atoms with E-state index < -0.39 is 30.1 Å². The summed E-state index contributed by atoms with van der Waals surface area (Å²) in [4.78, 5) is 41.2. The van der Waals surface area contributed by atoms with Crippen molar-refractivity contribution in [2.45, 2.75) is 43.4 Å². The zero-order valence-corrected chi connectivity index (χ0v) is 20.0. The number of hydrogen-bond acceptors (Lipinski definition) is 4. The lowest BCUT2D eigenvalue weighted by atomic mass is 9.96. The summed E-state index contributed by atoms with van der Waals surface area (Å²) in [7, 11) is 0. The number of piperazine rings is 1. The average Bonchev–Trinajstić information content (AvgIpc) is 3.64. The minimum Gasteiger partial charge on any atom is -0.343 e. The molecule has 3 fully saturated rings. The van der Waals surface area contributed by atoms with Crippen LogP contribution in [0.25, 0.3) is 0 Å². The van der Waals surface area contributed by atoms with Gasteiger partial charge in [0.05, 0.1) is 25.7 Å². The van der Waals surface area contributed by atoms with Gasteiger partial charge in [-0.05, 0) is 41.5 Å². The number of hydrogen-bond donors (Lipinski definition) is 2. The van der Waals surface area contributed by atoms with Gasteiger partial charge in [-0.1, -0.05) is 42.5 Å². The average molecular weight is 497 g/mol. The van der Waals surface area contributed by atoms with Crippen molar-refractivity contribution in [1.29, 1.82) is 0 Å². The molecule has 7 nitrogen and oxygen atoms in total. The van der Waals surface area contributed by atoms with E-state index in [0.717, 1.165) is 18.4 Å². The van der Waals surface area contributed by atoms with Gasteiger partial charge in [-0.2, -0.15) is 0 Å². The number of halogens is 2. The summed E-state index contributed by atoms with van der Waals surface area (Å²) < 4.78 is 29.3. The van der Waals surface area contributed by atoms with Crippen molar-refractivity contribution in [3.8, 4) is 0 Å². The minimum absolute atomic E-state index is 0.121. The van der Waals surface area contributed by atoms with E-state index in [9.17, 15) is 23.2 Å². The Hall–Kier alpha value is -3.33. The molecule has 2 N–H and O–H groups in total. The lowest BCUT2D eigenvalue weighted by Crippen LogP contribution is -2.54. The maximum absolute atomic E-state index is 14.9. The molecule has 1 saturated carbocycles. The van der Waals surface area contributed by atoms with Gasteiger partial charge in [0, 0.05) is 19.5 Å². The molecule has 3 atom stereocenters. The quantitative estimate of drug-likeness (QED) is 0.617. The summed E-state index contributed by atoms with van der Waals surface area (Å²) in [6, 6.07) is 12.6. The molecule has 190 valence electrons. The highest BCUT2D eigenvalue weighted by molar-refractivity contribution is 5.91. The van der Waals surface area contributed by atoms with Crippen LogP contribution < -0.4 is 10.6 Å². The van der Waals surface area contributed by atoms with E-state index in [1.807, 2.05) is 36.4 Å². The molecule has 2 saturated heterocycles. The Morgan fingerprint density at radius 2 is 1.89 bits per heavy atom. The van der Waals surface area contributed by atoms with Crippen LogP contribution in [0, 0.1) is 5.82 Å². The van der Waals surface area contributed by atoms with Crippen molar-refractivity contribution < 1.29 is 23.2 Å². The molecule has 9 heteroatoms. The van der Waals surface area contributed by atoms with E-state index in [2.05, 4.69) is 10.6 Å². The highest BCUT2D eigenvalue weighted by Crippen LogP contribution is 2.42. The van der Waals surface area contributed by atoms with Crippen molar-refractivity contribution in [1.82, 2.24) is 20.4 Å². The molecule has 0 spiro atoms. The van der Waals surface area contributed by atoms with Crippen LogP contribution in [-0.4, -0.2) is 72.5 Å². The lowest BCUT2D eigenvalue weighted by molar-refractivity contribution is -0.144. The standard InChI is InChI=1S/C27H30F2N4O3/c28-20-13-23(33(15-20)25(35)16-32-11-10-30-14-24(32)34)27(36)31-26(18-4-2-1-3-5-18)19-8-9-21(17-6-7-17)22(29)12-19/h1-5,8-9,12,17,20,23,26,30H,6-7,10-11,13-16H2,(H,31,36)/t20-,23+,26+/m1/s1. The Balaban J connectivity index is 1.35. The molecule has 2 aliphatic heterocycles. The number of benzene rings is 2. The maximum Gasteiger partial charge on any atom is 0.243 e. The normalized spacial score (nSPS) is 23.0. The number of carbonyl (C=O) groups is 3. The van der Waals surface area contributed by atoms with Gasteiger partial charge in [0.1, 0.15) is 18.0 Å². The summed E-state index contributed by atoms with van der Waals surface area (Å²) in [6.45, 7) is 0.721. The molecular weight excluding hydrogens is 466 g/mol. The summed E-state index contributed by atoms with van der Waals surface area (Å²) in [6.07, 6.45) is 0.493. The van der Waals surface area contributed by atoms with Crippen LogP contribution in [-0.2, 0) is 14.4 Å². The first-order valence-corrected chi connectivity index (χ1v) is 12.5. The molecule has 2 heterocycles. The molecule has 3 aliphatic rings. The summed E-state index contributed by atoms with van der Waals surface area (Å²) in [5.41, 5.74) is 2.02. The first-order valence-electron chi connectivity index (χ1n) is 12.5. The van der Waals surface area contributed by atoms with E-state index >= 15 is 0 Å². The molecule has 36 heavy (non-hydrogen) atoms. The Labute approximate surface area is 208 Å². The number of nitrogens with zero attached hydrogens (tertiary/aromatic N) is 2. The molecule has 0 unspecified atom stereocenters. The maximum atomic E-state index is 14.9. The second kappa shape index (κ2) is 10.3. The molecule has 2 aromatic rings. The van der Waals surface area contributed by atoms with E-state index in [-0.39, 0.29) is 43.7 Å². The first kappa shape index (κ1) is 24.4. The van der Waals surface area contributed by atoms with Crippen LogP contribution in [0.4, 0.5) is 8.78 Å². The molecule has 0 aromatic heterocycles. The zero-order chi connectivity index (χ0) is 25.2. The third-order valence-corrected chi connectivity index (χ3v) is 7.18. The van der Waals surface area contributed by atoms with E-state index in [1.165, 1.54) is 15.9 Å². The number of nitrogens with one attached hydrogen (secondary N) is 2. The van der Waals surface area contributed by atoms with Gasteiger partial charge in [-0.25, -0.2) is 8.78 Å². The highest BCUT2D eigenvalue weighted by atomic mass is 19.1. The van der Waals surface area contributed by atoms with Crippen molar-refractivity contribution in [3.63, 3.8) is 0 Å². The topological polar surface area (TPSA) is 81.8 Å². The van der Waals surface area contributed by atoms with Crippen LogP contribution in [0.15, 0.2) is 48.5 Å². The Kier molecular flexibility index (Phi) is 7.00. The van der Waals surface area contributed by atoms with Crippen LogP contribution in [0.5, 0.6) is 0 Å². The number of alkyl halides is 1. The van der Waals surface area contributed by atoms with Gasteiger partial charge < -0.3 is 20.4 Å². The van der Waals surface area contributed by atoms with Crippen LogP contribution in [0.2, 0.25) is 0 Å². The fourth-order valence-electron chi connectivity index (χ4n) is 5.07. The summed E-state index contributed by atoms with van der Waals surface area (Å²) in [5, 5.41) is 5.89. The fourth-order valence-corrected chi connectivity index (χ4v) is 5.07. The number of carbonyl (C=O) groups excluding carboxylic acids is 3. The fraction of sp³-hybridized carbons (Fsp3) is 0.444. The van der Waals surface area contributed by atoms with Gasteiger partial charge in [-0.3, -0.25) is 14.4 Å². The molecule has 0 bridgehead atoms. The van der Waals surface area contributed by atoms with Crippen molar-refractivity contribution in [2.75, 3.05) is 32.7 Å². The second-order valence-corrected chi connectivity index (χ2v) is 9.79.